The largest absolute Gasteiger partial charge is 0.508 e. The number of hydrogen-bond donors (Lipinski definition) is 1. The molecule has 2 rings (SSSR count). The third kappa shape index (κ3) is 3.07. The van der Waals surface area contributed by atoms with Gasteiger partial charge in [-0.15, -0.1) is 0 Å². The van der Waals surface area contributed by atoms with Gasteiger partial charge in [-0.3, -0.25) is 0 Å². The second-order valence-electron chi connectivity index (χ2n) is 4.47. The van der Waals surface area contributed by atoms with E-state index in [1.54, 1.807) is 0 Å². The SMILES string of the molecule is COC(=O)OCC#C[C@]1(O)CC[C@@H]1c1ccccc1. The van der Waals surface area contributed by atoms with Gasteiger partial charge in [0, 0.05) is 5.92 Å². The van der Waals surface area contributed by atoms with Crippen molar-refractivity contribution in [1.29, 1.82) is 0 Å². The lowest BCUT2D eigenvalue weighted by Crippen LogP contribution is -2.44. The highest BCUT2D eigenvalue weighted by Crippen LogP contribution is 2.45. The predicted molar refractivity (Wildman–Crippen MR) is 69.5 cm³/mol. The quantitative estimate of drug-likeness (QED) is 0.653. The van der Waals surface area contributed by atoms with Gasteiger partial charge in [0.05, 0.1) is 7.11 Å². The highest BCUT2D eigenvalue weighted by molar-refractivity contribution is 5.59. The average molecular weight is 260 g/mol. The van der Waals surface area contributed by atoms with Crippen LogP contribution in [0.1, 0.15) is 24.3 Å². The summed E-state index contributed by atoms with van der Waals surface area (Å²) in [6.07, 6.45) is 0.777. The van der Waals surface area contributed by atoms with Crippen molar-refractivity contribution in [3.05, 3.63) is 35.9 Å². The van der Waals surface area contributed by atoms with Crippen LogP contribution in [0.3, 0.4) is 0 Å². The third-order valence-corrected chi connectivity index (χ3v) is 3.33. The van der Waals surface area contributed by atoms with Crippen LogP contribution in [0.25, 0.3) is 0 Å². The molecule has 4 nitrogen and oxygen atoms in total. The minimum Gasteiger partial charge on any atom is -0.438 e. The van der Waals surface area contributed by atoms with Crippen molar-refractivity contribution in [2.45, 2.75) is 24.4 Å². The van der Waals surface area contributed by atoms with Gasteiger partial charge < -0.3 is 14.6 Å². The Morgan fingerprint density at radius 3 is 2.79 bits per heavy atom. The minimum atomic E-state index is -1.01. The topological polar surface area (TPSA) is 55.8 Å². The normalized spacial score (nSPS) is 24.6. The fourth-order valence-electron chi connectivity index (χ4n) is 2.18. The van der Waals surface area contributed by atoms with Crippen LogP contribution in [0.5, 0.6) is 0 Å². The molecular formula is C15H16O4. The summed E-state index contributed by atoms with van der Waals surface area (Å²) in [5, 5.41) is 10.4. The van der Waals surface area contributed by atoms with Gasteiger partial charge in [0.2, 0.25) is 0 Å². The highest BCUT2D eigenvalue weighted by atomic mass is 16.7. The number of rotatable bonds is 2. The molecule has 2 atom stereocenters. The zero-order valence-corrected chi connectivity index (χ0v) is 10.8. The summed E-state index contributed by atoms with van der Waals surface area (Å²) in [6, 6.07) is 9.81. The number of aliphatic hydroxyl groups is 1. The lowest BCUT2D eigenvalue weighted by Gasteiger charge is -2.41. The summed E-state index contributed by atoms with van der Waals surface area (Å²) in [5.41, 5.74) is 0.0697. The Bertz CT molecular complexity index is 500. The molecule has 0 aliphatic heterocycles. The number of carbonyl (C=O) groups is 1. The minimum absolute atomic E-state index is 0.0272. The molecule has 1 saturated carbocycles. The summed E-state index contributed by atoms with van der Waals surface area (Å²) in [5.74, 6) is 5.49. The van der Waals surface area contributed by atoms with E-state index in [9.17, 15) is 9.90 Å². The molecule has 0 radical (unpaired) electrons. The van der Waals surface area contributed by atoms with E-state index in [4.69, 9.17) is 0 Å². The molecule has 1 aliphatic carbocycles. The van der Waals surface area contributed by atoms with E-state index < -0.39 is 11.8 Å². The van der Waals surface area contributed by atoms with E-state index in [2.05, 4.69) is 21.3 Å². The monoisotopic (exact) mass is 260 g/mol. The molecule has 19 heavy (non-hydrogen) atoms. The standard InChI is InChI=1S/C15H16O4/c1-18-14(16)19-11-5-9-15(17)10-8-13(15)12-6-3-2-4-7-12/h2-4,6-7,13,17H,8,10-11H2,1H3/t13-,15+/m1/s1. The summed E-state index contributed by atoms with van der Waals surface area (Å²) in [4.78, 5) is 10.7. The van der Waals surface area contributed by atoms with Crippen molar-refractivity contribution < 1.29 is 19.4 Å². The van der Waals surface area contributed by atoms with Crippen molar-refractivity contribution in [2.75, 3.05) is 13.7 Å². The number of carbonyl (C=O) groups excluding carboxylic acids is 1. The van der Waals surface area contributed by atoms with Gasteiger partial charge in [-0.05, 0) is 18.4 Å². The van der Waals surface area contributed by atoms with Crippen LogP contribution < -0.4 is 0 Å². The van der Waals surface area contributed by atoms with Gasteiger partial charge in [-0.25, -0.2) is 4.79 Å². The van der Waals surface area contributed by atoms with Gasteiger partial charge in [0.1, 0.15) is 5.60 Å². The average Bonchev–Trinajstić information content (AvgIpc) is 2.43. The van der Waals surface area contributed by atoms with Crippen LogP contribution in [-0.4, -0.2) is 30.6 Å². The molecule has 0 spiro atoms. The molecule has 0 bridgehead atoms. The Morgan fingerprint density at radius 2 is 2.21 bits per heavy atom. The molecule has 4 heteroatoms. The molecule has 1 aromatic rings. The molecule has 0 amide bonds. The van der Waals surface area contributed by atoms with Crippen LogP contribution in [0.15, 0.2) is 30.3 Å². The van der Waals surface area contributed by atoms with Crippen molar-refractivity contribution >= 4 is 6.16 Å². The summed E-state index contributed by atoms with van der Waals surface area (Å²) in [7, 11) is 1.24. The van der Waals surface area contributed by atoms with Crippen molar-refractivity contribution in [3.63, 3.8) is 0 Å². The number of hydrogen-bond acceptors (Lipinski definition) is 4. The van der Waals surface area contributed by atoms with Crippen LogP contribution in [-0.2, 0) is 9.47 Å². The van der Waals surface area contributed by atoms with Crippen molar-refractivity contribution in [3.8, 4) is 11.8 Å². The first-order valence-electron chi connectivity index (χ1n) is 6.14. The predicted octanol–water partition coefficient (Wildman–Crippen LogP) is 2.08. The third-order valence-electron chi connectivity index (χ3n) is 3.33. The lowest BCUT2D eigenvalue weighted by molar-refractivity contribution is -0.00353. The van der Waals surface area contributed by atoms with E-state index in [1.165, 1.54) is 7.11 Å². The van der Waals surface area contributed by atoms with Crippen LogP contribution in [0.2, 0.25) is 0 Å². The molecule has 1 N–H and O–H groups in total. The van der Waals surface area contributed by atoms with E-state index in [0.29, 0.717) is 6.42 Å². The number of ether oxygens (including phenoxy) is 2. The molecule has 0 saturated heterocycles. The van der Waals surface area contributed by atoms with E-state index in [0.717, 1.165) is 12.0 Å². The summed E-state index contributed by atoms with van der Waals surface area (Å²) in [6.45, 7) is -0.0729. The van der Waals surface area contributed by atoms with E-state index >= 15 is 0 Å². The Morgan fingerprint density at radius 1 is 1.47 bits per heavy atom. The van der Waals surface area contributed by atoms with Gasteiger partial charge in [-0.2, -0.15) is 0 Å². The fourth-order valence-corrected chi connectivity index (χ4v) is 2.18. The van der Waals surface area contributed by atoms with Crippen LogP contribution in [0, 0.1) is 11.8 Å². The first kappa shape index (κ1) is 13.4. The van der Waals surface area contributed by atoms with Gasteiger partial charge in [-0.1, -0.05) is 42.2 Å². The summed E-state index contributed by atoms with van der Waals surface area (Å²) < 4.78 is 8.97. The Labute approximate surface area is 112 Å². The molecule has 1 aliphatic rings. The Kier molecular flexibility index (Phi) is 4.08. The van der Waals surface area contributed by atoms with Crippen LogP contribution in [0.4, 0.5) is 4.79 Å². The molecule has 1 aromatic carbocycles. The molecule has 0 unspecified atom stereocenters. The van der Waals surface area contributed by atoms with Crippen LogP contribution >= 0.6 is 0 Å². The Balaban J connectivity index is 1.96. The van der Waals surface area contributed by atoms with E-state index in [1.807, 2.05) is 30.3 Å². The maximum atomic E-state index is 10.7. The summed E-state index contributed by atoms with van der Waals surface area (Å²) >= 11 is 0. The van der Waals surface area contributed by atoms with Crippen molar-refractivity contribution in [2.24, 2.45) is 0 Å². The zero-order valence-electron chi connectivity index (χ0n) is 10.8. The maximum Gasteiger partial charge on any atom is 0.508 e. The lowest BCUT2D eigenvalue weighted by atomic mass is 9.66. The fraction of sp³-hybridized carbons (Fsp3) is 0.400. The highest BCUT2D eigenvalue weighted by Gasteiger charge is 2.44. The number of benzene rings is 1. The van der Waals surface area contributed by atoms with E-state index in [-0.39, 0.29) is 12.5 Å². The molecule has 1 fully saturated rings. The first-order chi connectivity index (χ1) is 9.15. The maximum absolute atomic E-state index is 10.7. The second kappa shape index (κ2) is 5.77. The smallest absolute Gasteiger partial charge is 0.438 e. The van der Waals surface area contributed by atoms with Gasteiger partial charge >= 0.3 is 6.16 Å². The van der Waals surface area contributed by atoms with Gasteiger partial charge in [0.15, 0.2) is 6.61 Å². The second-order valence-corrected chi connectivity index (χ2v) is 4.47. The molecule has 100 valence electrons. The Hall–Kier alpha value is -1.99. The number of methoxy groups -OCH3 is 1. The van der Waals surface area contributed by atoms with Gasteiger partial charge in [0.25, 0.3) is 0 Å². The van der Waals surface area contributed by atoms with Crippen molar-refractivity contribution in [1.82, 2.24) is 0 Å². The molecule has 0 heterocycles. The first-order valence-corrected chi connectivity index (χ1v) is 6.14. The molecular weight excluding hydrogens is 244 g/mol. The zero-order chi connectivity index (χ0) is 13.7. The molecule has 0 aromatic heterocycles.